The highest BCUT2D eigenvalue weighted by Gasteiger charge is 2.56. The van der Waals surface area contributed by atoms with Crippen molar-refractivity contribution in [3.8, 4) is 5.75 Å². The largest absolute Gasteiger partial charge is 0.497 e. The van der Waals surface area contributed by atoms with Crippen LogP contribution in [0.15, 0.2) is 36.4 Å². The number of carbonyl (C=O) groups excluding carboxylic acids is 3. The Morgan fingerprint density at radius 3 is 2.39 bits per heavy atom. The van der Waals surface area contributed by atoms with Crippen molar-refractivity contribution in [1.29, 1.82) is 0 Å². The van der Waals surface area contributed by atoms with Crippen molar-refractivity contribution >= 4 is 23.4 Å². The molecule has 3 N–H and O–H groups in total. The van der Waals surface area contributed by atoms with Crippen molar-refractivity contribution in [3.05, 3.63) is 36.4 Å². The summed E-state index contributed by atoms with van der Waals surface area (Å²) in [5.41, 5.74) is 0.621. The van der Waals surface area contributed by atoms with Crippen LogP contribution in [0.2, 0.25) is 0 Å². The number of amides is 3. The molecule has 5 atom stereocenters. The lowest BCUT2D eigenvalue weighted by Crippen LogP contribution is -2.45. The van der Waals surface area contributed by atoms with Crippen LogP contribution in [0.1, 0.15) is 32.6 Å². The Balaban J connectivity index is 1.85. The number of aliphatic hydroxyl groups is 1. The van der Waals surface area contributed by atoms with Crippen LogP contribution in [0.4, 0.5) is 5.69 Å². The van der Waals surface area contributed by atoms with Crippen LogP contribution in [0.3, 0.4) is 0 Å². The molecular formula is C25H35N3O5. The number of allylic oxidation sites excluding steroid dienone is 1. The molecule has 33 heavy (non-hydrogen) atoms. The molecule has 1 heterocycles. The van der Waals surface area contributed by atoms with Crippen molar-refractivity contribution in [2.24, 2.45) is 23.7 Å². The van der Waals surface area contributed by atoms with E-state index in [0.717, 1.165) is 25.7 Å². The van der Waals surface area contributed by atoms with Crippen molar-refractivity contribution in [2.75, 3.05) is 32.6 Å². The van der Waals surface area contributed by atoms with E-state index < -0.39 is 17.9 Å². The maximum absolute atomic E-state index is 13.6. The number of benzene rings is 1. The highest BCUT2D eigenvalue weighted by Crippen LogP contribution is 2.44. The first-order valence-corrected chi connectivity index (χ1v) is 11.7. The standard InChI is InChI=1S/C25H35N3O5/c1-16-8-13-19-21(20(16)23(30)26-2)25(32)28(14-6-4-5-7-15-29)22(19)24(31)27-17-9-11-18(33-3)12-10-17/h8-13,16,19-22,29H,4-7,14-15H2,1-3H3,(H,26,30)(H,27,31)/t16-,19+,20-,21+,22+/m1/s1. The molecule has 1 aromatic carbocycles. The molecule has 0 saturated carbocycles. The highest BCUT2D eigenvalue weighted by atomic mass is 16.5. The van der Waals surface area contributed by atoms with Crippen LogP contribution < -0.4 is 15.4 Å². The number of methoxy groups -OCH3 is 1. The Bertz CT molecular complexity index is 869. The van der Waals surface area contributed by atoms with Gasteiger partial charge in [-0.05, 0) is 43.0 Å². The van der Waals surface area contributed by atoms with Gasteiger partial charge in [-0.15, -0.1) is 0 Å². The number of rotatable bonds is 10. The fourth-order valence-corrected chi connectivity index (χ4v) is 5.04. The van der Waals surface area contributed by atoms with Gasteiger partial charge >= 0.3 is 0 Å². The Hall–Kier alpha value is -2.87. The average molecular weight is 458 g/mol. The lowest BCUT2D eigenvalue weighted by atomic mass is 9.70. The molecule has 8 heteroatoms. The molecule has 3 amide bonds. The smallest absolute Gasteiger partial charge is 0.247 e. The number of unbranched alkanes of at least 4 members (excludes halogenated alkanes) is 3. The van der Waals surface area contributed by atoms with Crippen LogP contribution in [-0.4, -0.2) is 61.1 Å². The monoisotopic (exact) mass is 457 g/mol. The molecule has 3 rings (SSSR count). The van der Waals surface area contributed by atoms with Gasteiger partial charge in [-0.1, -0.05) is 31.9 Å². The van der Waals surface area contributed by atoms with Gasteiger partial charge in [0.05, 0.1) is 18.9 Å². The number of fused-ring (bicyclic) bond motifs is 1. The first kappa shape index (κ1) is 24.8. The molecule has 1 aliphatic carbocycles. The summed E-state index contributed by atoms with van der Waals surface area (Å²) >= 11 is 0. The number of carbonyl (C=O) groups is 3. The van der Waals surface area contributed by atoms with Gasteiger partial charge in [0.15, 0.2) is 0 Å². The third kappa shape index (κ3) is 5.38. The maximum atomic E-state index is 13.6. The average Bonchev–Trinajstić information content (AvgIpc) is 3.10. The number of nitrogens with one attached hydrogen (secondary N) is 2. The molecule has 0 unspecified atom stereocenters. The maximum Gasteiger partial charge on any atom is 0.247 e. The van der Waals surface area contributed by atoms with E-state index >= 15 is 0 Å². The summed E-state index contributed by atoms with van der Waals surface area (Å²) in [7, 11) is 3.16. The number of likely N-dealkylation sites (tertiary alicyclic amines) is 1. The summed E-state index contributed by atoms with van der Waals surface area (Å²) in [5, 5.41) is 14.6. The van der Waals surface area contributed by atoms with Crippen molar-refractivity contribution in [3.63, 3.8) is 0 Å². The zero-order valence-electron chi connectivity index (χ0n) is 19.6. The molecular weight excluding hydrogens is 422 g/mol. The number of nitrogens with zero attached hydrogens (tertiary/aromatic N) is 1. The summed E-state index contributed by atoms with van der Waals surface area (Å²) in [4.78, 5) is 41.3. The van der Waals surface area contributed by atoms with E-state index in [9.17, 15) is 14.4 Å². The highest BCUT2D eigenvalue weighted by molar-refractivity contribution is 6.01. The minimum absolute atomic E-state index is 0.0926. The second-order valence-corrected chi connectivity index (χ2v) is 8.82. The van der Waals surface area contributed by atoms with Crippen LogP contribution >= 0.6 is 0 Å². The minimum Gasteiger partial charge on any atom is -0.497 e. The molecule has 1 aromatic rings. The van der Waals surface area contributed by atoms with E-state index in [0.29, 0.717) is 18.0 Å². The zero-order chi connectivity index (χ0) is 24.0. The molecule has 0 radical (unpaired) electrons. The molecule has 0 aromatic heterocycles. The quantitative estimate of drug-likeness (QED) is 0.369. The van der Waals surface area contributed by atoms with Crippen molar-refractivity contribution < 1.29 is 24.2 Å². The van der Waals surface area contributed by atoms with Crippen LogP contribution in [0, 0.1) is 23.7 Å². The van der Waals surface area contributed by atoms with Crippen molar-refractivity contribution in [1.82, 2.24) is 10.2 Å². The van der Waals surface area contributed by atoms with E-state index in [1.807, 2.05) is 19.1 Å². The first-order valence-electron chi connectivity index (χ1n) is 11.7. The van der Waals surface area contributed by atoms with Crippen LogP contribution in [-0.2, 0) is 14.4 Å². The number of anilines is 1. The molecule has 0 bridgehead atoms. The lowest BCUT2D eigenvalue weighted by Gasteiger charge is -2.32. The second-order valence-electron chi connectivity index (χ2n) is 8.82. The fraction of sp³-hybridized carbons (Fsp3) is 0.560. The van der Waals surface area contributed by atoms with E-state index in [4.69, 9.17) is 9.84 Å². The number of ether oxygens (including phenoxy) is 1. The zero-order valence-corrected chi connectivity index (χ0v) is 19.6. The number of hydrogen-bond acceptors (Lipinski definition) is 5. The van der Waals surface area contributed by atoms with Gasteiger partial charge in [-0.25, -0.2) is 0 Å². The van der Waals surface area contributed by atoms with Gasteiger partial charge in [0, 0.05) is 31.8 Å². The fourth-order valence-electron chi connectivity index (χ4n) is 5.04. The topological polar surface area (TPSA) is 108 Å². The van der Waals surface area contributed by atoms with E-state index in [-0.39, 0.29) is 36.2 Å². The Kier molecular flexibility index (Phi) is 8.49. The predicted octanol–water partition coefficient (Wildman–Crippen LogP) is 2.20. The molecule has 8 nitrogen and oxygen atoms in total. The van der Waals surface area contributed by atoms with Crippen LogP contribution in [0.25, 0.3) is 0 Å². The molecule has 180 valence electrons. The summed E-state index contributed by atoms with van der Waals surface area (Å²) in [5.74, 6) is -1.41. The Labute approximate surface area is 195 Å². The van der Waals surface area contributed by atoms with Crippen LogP contribution in [0.5, 0.6) is 5.75 Å². The van der Waals surface area contributed by atoms with Crippen molar-refractivity contribution in [2.45, 2.75) is 38.6 Å². The third-order valence-electron chi connectivity index (χ3n) is 6.76. The van der Waals surface area contributed by atoms with Gasteiger partial charge in [0.2, 0.25) is 17.7 Å². The molecule has 2 aliphatic rings. The van der Waals surface area contributed by atoms with Gasteiger partial charge in [-0.3, -0.25) is 14.4 Å². The molecule has 1 aliphatic heterocycles. The SMILES string of the molecule is CNC(=O)[C@H]1[C@H]2C(=O)N(CCCCCCO)[C@H](C(=O)Nc3ccc(OC)cc3)[C@H]2C=C[C@H]1C. The molecule has 0 spiro atoms. The van der Waals surface area contributed by atoms with E-state index in [1.165, 1.54) is 0 Å². The number of hydrogen-bond donors (Lipinski definition) is 3. The predicted molar refractivity (Wildman–Crippen MR) is 126 cm³/mol. The Morgan fingerprint density at radius 2 is 1.76 bits per heavy atom. The molecule has 1 saturated heterocycles. The minimum atomic E-state index is -0.682. The van der Waals surface area contributed by atoms with Gasteiger partial charge in [0.25, 0.3) is 0 Å². The van der Waals surface area contributed by atoms with E-state index in [1.54, 1.807) is 43.3 Å². The number of aliphatic hydroxyl groups excluding tert-OH is 1. The normalized spacial score (nSPS) is 26.1. The molecule has 1 fully saturated rings. The summed E-state index contributed by atoms with van der Waals surface area (Å²) < 4.78 is 5.17. The van der Waals surface area contributed by atoms with Gasteiger partial charge in [-0.2, -0.15) is 0 Å². The van der Waals surface area contributed by atoms with Gasteiger partial charge < -0.3 is 25.4 Å². The third-order valence-corrected chi connectivity index (χ3v) is 6.76. The lowest BCUT2D eigenvalue weighted by molar-refractivity contribution is -0.140. The summed E-state index contributed by atoms with van der Waals surface area (Å²) in [6.45, 7) is 2.53. The Morgan fingerprint density at radius 1 is 1.06 bits per heavy atom. The van der Waals surface area contributed by atoms with Gasteiger partial charge in [0.1, 0.15) is 11.8 Å². The summed E-state index contributed by atoms with van der Waals surface area (Å²) in [6, 6.07) is 6.37. The second kappa shape index (κ2) is 11.3. The first-order chi connectivity index (χ1) is 15.9. The summed E-state index contributed by atoms with van der Waals surface area (Å²) in [6.07, 6.45) is 7.08. The van der Waals surface area contributed by atoms with E-state index in [2.05, 4.69) is 10.6 Å².